The molecule has 1 atom stereocenters. The van der Waals surface area contributed by atoms with E-state index < -0.39 is 11.9 Å². The molecule has 2 aromatic rings. The second-order valence-corrected chi connectivity index (χ2v) is 5.82. The summed E-state index contributed by atoms with van der Waals surface area (Å²) in [6.45, 7) is 4.31. The van der Waals surface area contributed by atoms with Crippen LogP contribution >= 0.6 is 11.6 Å². The Bertz CT molecular complexity index is 595. The topological polar surface area (TPSA) is 20.2 Å². The molecule has 0 bridgehead atoms. The molecule has 0 spiro atoms. The smallest absolute Gasteiger partial charge is 0.124 e. The van der Waals surface area contributed by atoms with Crippen LogP contribution in [-0.4, -0.2) is 5.11 Å². The standard InChI is InChI=1S/C17H18ClFO/c1-11(2)8-12-4-3-5-13(9-12)17(20)15-7-6-14(19)10-16(15)18/h3-7,9-11,17,20H,8H2,1-2H3. The maximum atomic E-state index is 13.1. The third kappa shape index (κ3) is 3.59. The number of benzene rings is 2. The molecule has 0 saturated heterocycles. The highest BCUT2D eigenvalue weighted by atomic mass is 35.5. The van der Waals surface area contributed by atoms with Gasteiger partial charge in [-0.25, -0.2) is 4.39 Å². The number of hydrogen-bond acceptors (Lipinski definition) is 1. The molecule has 0 aliphatic heterocycles. The summed E-state index contributed by atoms with van der Waals surface area (Å²) in [4.78, 5) is 0. The van der Waals surface area contributed by atoms with Crippen LogP contribution in [0.5, 0.6) is 0 Å². The number of halogens is 2. The lowest BCUT2D eigenvalue weighted by atomic mass is 9.96. The van der Waals surface area contributed by atoms with E-state index in [0.717, 1.165) is 12.0 Å². The summed E-state index contributed by atoms with van der Waals surface area (Å²) in [7, 11) is 0. The van der Waals surface area contributed by atoms with Crippen LogP contribution in [-0.2, 0) is 6.42 Å². The Morgan fingerprint density at radius 2 is 1.90 bits per heavy atom. The summed E-state index contributed by atoms with van der Waals surface area (Å²) < 4.78 is 13.1. The molecule has 106 valence electrons. The van der Waals surface area contributed by atoms with Gasteiger partial charge in [0.05, 0.1) is 0 Å². The van der Waals surface area contributed by atoms with Crippen LogP contribution in [0.25, 0.3) is 0 Å². The van der Waals surface area contributed by atoms with Crippen molar-refractivity contribution in [2.75, 3.05) is 0 Å². The van der Waals surface area contributed by atoms with Crippen LogP contribution in [0.3, 0.4) is 0 Å². The average Bonchev–Trinajstić information content (AvgIpc) is 2.37. The Balaban J connectivity index is 2.30. The van der Waals surface area contributed by atoms with E-state index in [1.54, 1.807) is 0 Å². The van der Waals surface area contributed by atoms with Gasteiger partial charge in [0, 0.05) is 10.6 Å². The van der Waals surface area contributed by atoms with Crippen molar-refractivity contribution in [1.29, 1.82) is 0 Å². The van der Waals surface area contributed by atoms with Gasteiger partial charge in [-0.3, -0.25) is 0 Å². The van der Waals surface area contributed by atoms with Crippen LogP contribution in [0.4, 0.5) is 4.39 Å². The Labute approximate surface area is 124 Å². The molecule has 20 heavy (non-hydrogen) atoms. The fourth-order valence-electron chi connectivity index (χ4n) is 2.26. The SMILES string of the molecule is CC(C)Cc1cccc(C(O)c2ccc(F)cc2Cl)c1. The largest absolute Gasteiger partial charge is 0.384 e. The summed E-state index contributed by atoms with van der Waals surface area (Å²) in [6.07, 6.45) is 0.118. The van der Waals surface area contributed by atoms with Gasteiger partial charge in [0.1, 0.15) is 11.9 Å². The summed E-state index contributed by atoms with van der Waals surface area (Å²) in [6, 6.07) is 11.9. The Kier molecular flexibility index (Phi) is 4.79. The normalized spacial score (nSPS) is 12.7. The van der Waals surface area contributed by atoms with Crippen molar-refractivity contribution in [2.24, 2.45) is 5.92 Å². The van der Waals surface area contributed by atoms with E-state index in [1.807, 2.05) is 24.3 Å². The fourth-order valence-corrected chi connectivity index (χ4v) is 2.53. The van der Waals surface area contributed by atoms with E-state index in [4.69, 9.17) is 11.6 Å². The highest BCUT2D eigenvalue weighted by Crippen LogP contribution is 2.29. The van der Waals surface area contributed by atoms with Gasteiger partial charge in [-0.2, -0.15) is 0 Å². The highest BCUT2D eigenvalue weighted by Gasteiger charge is 2.15. The predicted octanol–water partition coefficient (Wildman–Crippen LogP) is 4.76. The monoisotopic (exact) mass is 292 g/mol. The molecule has 0 radical (unpaired) electrons. The molecular formula is C17H18ClFO. The van der Waals surface area contributed by atoms with Crippen molar-refractivity contribution < 1.29 is 9.50 Å². The molecule has 0 heterocycles. The minimum absolute atomic E-state index is 0.242. The zero-order chi connectivity index (χ0) is 14.7. The van der Waals surface area contributed by atoms with Crippen LogP contribution in [0.1, 0.15) is 36.6 Å². The van der Waals surface area contributed by atoms with E-state index in [1.165, 1.54) is 23.8 Å². The van der Waals surface area contributed by atoms with Gasteiger partial charge in [0.25, 0.3) is 0 Å². The zero-order valence-corrected chi connectivity index (χ0v) is 12.4. The fraction of sp³-hybridized carbons (Fsp3) is 0.294. The summed E-state index contributed by atoms with van der Waals surface area (Å²) in [5, 5.41) is 10.7. The molecule has 0 aliphatic rings. The molecule has 1 N–H and O–H groups in total. The number of rotatable bonds is 4. The van der Waals surface area contributed by atoms with Crippen molar-refractivity contribution in [3.8, 4) is 0 Å². The predicted molar refractivity (Wildman–Crippen MR) is 80.5 cm³/mol. The molecular weight excluding hydrogens is 275 g/mol. The van der Waals surface area contributed by atoms with Crippen LogP contribution in [0.15, 0.2) is 42.5 Å². The molecule has 0 aromatic heterocycles. The van der Waals surface area contributed by atoms with Gasteiger partial charge in [-0.15, -0.1) is 0 Å². The van der Waals surface area contributed by atoms with Crippen LogP contribution in [0.2, 0.25) is 5.02 Å². The van der Waals surface area contributed by atoms with E-state index in [2.05, 4.69) is 13.8 Å². The van der Waals surface area contributed by atoms with Gasteiger partial charge in [-0.1, -0.05) is 55.8 Å². The summed E-state index contributed by atoms with van der Waals surface area (Å²) in [5.41, 5.74) is 2.47. The molecule has 2 rings (SSSR count). The van der Waals surface area contributed by atoms with Crippen molar-refractivity contribution in [2.45, 2.75) is 26.4 Å². The Morgan fingerprint density at radius 1 is 1.15 bits per heavy atom. The molecule has 1 unspecified atom stereocenters. The third-order valence-electron chi connectivity index (χ3n) is 3.17. The van der Waals surface area contributed by atoms with Crippen molar-refractivity contribution in [1.82, 2.24) is 0 Å². The quantitative estimate of drug-likeness (QED) is 0.861. The molecule has 0 amide bonds. The van der Waals surface area contributed by atoms with Gasteiger partial charge in [0.15, 0.2) is 0 Å². The molecule has 1 nitrogen and oxygen atoms in total. The van der Waals surface area contributed by atoms with Gasteiger partial charge >= 0.3 is 0 Å². The minimum Gasteiger partial charge on any atom is -0.384 e. The lowest BCUT2D eigenvalue weighted by Gasteiger charge is -2.15. The number of aliphatic hydroxyl groups excluding tert-OH is 1. The minimum atomic E-state index is -0.838. The zero-order valence-electron chi connectivity index (χ0n) is 11.6. The van der Waals surface area contributed by atoms with E-state index in [9.17, 15) is 9.50 Å². The molecule has 0 aliphatic carbocycles. The Hall–Kier alpha value is -1.38. The first kappa shape index (κ1) is 15.0. The maximum absolute atomic E-state index is 13.1. The molecule has 0 saturated carbocycles. The van der Waals surface area contributed by atoms with Gasteiger partial charge in [-0.05, 0) is 35.6 Å². The van der Waals surface area contributed by atoms with E-state index >= 15 is 0 Å². The molecule has 0 fully saturated rings. The average molecular weight is 293 g/mol. The lowest BCUT2D eigenvalue weighted by Crippen LogP contribution is -2.02. The van der Waals surface area contributed by atoms with Crippen molar-refractivity contribution in [3.05, 3.63) is 70.0 Å². The van der Waals surface area contributed by atoms with Gasteiger partial charge < -0.3 is 5.11 Å². The van der Waals surface area contributed by atoms with E-state index in [-0.39, 0.29) is 5.02 Å². The van der Waals surface area contributed by atoms with Crippen LogP contribution < -0.4 is 0 Å². The van der Waals surface area contributed by atoms with E-state index in [0.29, 0.717) is 11.5 Å². The second kappa shape index (κ2) is 6.38. The van der Waals surface area contributed by atoms with Crippen molar-refractivity contribution >= 4 is 11.6 Å². The van der Waals surface area contributed by atoms with Crippen molar-refractivity contribution in [3.63, 3.8) is 0 Å². The first-order valence-electron chi connectivity index (χ1n) is 6.69. The number of hydrogen-bond donors (Lipinski definition) is 1. The van der Waals surface area contributed by atoms with Crippen LogP contribution in [0, 0.1) is 11.7 Å². The molecule has 3 heteroatoms. The first-order chi connectivity index (χ1) is 9.47. The third-order valence-corrected chi connectivity index (χ3v) is 3.50. The summed E-state index contributed by atoms with van der Waals surface area (Å²) in [5.74, 6) is 0.149. The molecule has 2 aromatic carbocycles. The first-order valence-corrected chi connectivity index (χ1v) is 7.07. The lowest BCUT2D eigenvalue weighted by molar-refractivity contribution is 0.220. The second-order valence-electron chi connectivity index (χ2n) is 5.41. The maximum Gasteiger partial charge on any atom is 0.124 e. The number of aliphatic hydroxyl groups is 1. The van der Waals surface area contributed by atoms with Gasteiger partial charge in [0.2, 0.25) is 0 Å². The highest BCUT2D eigenvalue weighted by molar-refractivity contribution is 6.31. The summed E-state index contributed by atoms with van der Waals surface area (Å²) >= 11 is 6.00. The Morgan fingerprint density at radius 3 is 2.55 bits per heavy atom.